The Labute approximate surface area is 162 Å². The van der Waals surface area contributed by atoms with Crippen molar-refractivity contribution in [2.45, 2.75) is 20.8 Å². The summed E-state index contributed by atoms with van der Waals surface area (Å²) in [7, 11) is 0. The van der Waals surface area contributed by atoms with Gasteiger partial charge in [0.2, 0.25) is 11.9 Å². The molecule has 8 heteroatoms. The van der Waals surface area contributed by atoms with Crippen LogP contribution in [0.15, 0.2) is 42.6 Å². The van der Waals surface area contributed by atoms with Crippen LogP contribution in [0, 0.1) is 13.8 Å². The number of aryl methyl sites for hydroxylation is 2. The van der Waals surface area contributed by atoms with Crippen LogP contribution in [0.2, 0.25) is 5.02 Å². The molecule has 2 aromatic carbocycles. The number of carbonyl (C=O) groups excluding carboxylic acids is 1. The minimum absolute atomic E-state index is 0.132. The molecular formula is C19H19ClN6O. The van der Waals surface area contributed by atoms with Crippen LogP contribution >= 0.6 is 11.6 Å². The third-order valence-electron chi connectivity index (χ3n) is 3.68. The average molecular weight is 383 g/mol. The quantitative estimate of drug-likeness (QED) is 0.597. The SMILES string of the molecule is CC(=O)Nc1cccc(Nc2cnnc(Nc3c(C)cc(C)cc3Cl)n2)c1. The zero-order chi connectivity index (χ0) is 19.4. The van der Waals surface area contributed by atoms with Crippen LogP contribution in [0.3, 0.4) is 0 Å². The Morgan fingerprint density at radius 1 is 1.07 bits per heavy atom. The summed E-state index contributed by atoms with van der Waals surface area (Å²) in [5, 5.41) is 17.6. The van der Waals surface area contributed by atoms with Crippen LogP contribution in [0.4, 0.5) is 28.8 Å². The first kappa shape index (κ1) is 18.6. The number of nitrogens with zero attached hydrogens (tertiary/aromatic N) is 3. The molecule has 0 fully saturated rings. The van der Waals surface area contributed by atoms with E-state index in [1.807, 2.05) is 38.1 Å². The van der Waals surface area contributed by atoms with Gasteiger partial charge in [-0.1, -0.05) is 23.7 Å². The molecule has 7 nitrogen and oxygen atoms in total. The van der Waals surface area contributed by atoms with Crippen LogP contribution in [0.25, 0.3) is 0 Å². The number of hydrogen-bond donors (Lipinski definition) is 3. The van der Waals surface area contributed by atoms with Crippen molar-refractivity contribution in [1.82, 2.24) is 15.2 Å². The van der Waals surface area contributed by atoms with Gasteiger partial charge in [-0.25, -0.2) is 0 Å². The number of amides is 1. The monoisotopic (exact) mass is 382 g/mol. The normalized spacial score (nSPS) is 10.4. The Bertz CT molecular complexity index is 968. The van der Waals surface area contributed by atoms with Crippen LogP contribution in [-0.2, 0) is 4.79 Å². The highest BCUT2D eigenvalue weighted by atomic mass is 35.5. The molecule has 1 aromatic heterocycles. The Morgan fingerprint density at radius 3 is 2.59 bits per heavy atom. The fourth-order valence-corrected chi connectivity index (χ4v) is 3.00. The molecule has 0 saturated carbocycles. The number of carbonyl (C=O) groups is 1. The van der Waals surface area contributed by atoms with Crippen LogP contribution < -0.4 is 16.0 Å². The van der Waals surface area contributed by atoms with Crippen LogP contribution in [0.5, 0.6) is 0 Å². The van der Waals surface area contributed by atoms with E-state index in [0.717, 1.165) is 22.5 Å². The first-order valence-electron chi connectivity index (χ1n) is 8.29. The molecular weight excluding hydrogens is 364 g/mol. The second kappa shape index (κ2) is 8.01. The smallest absolute Gasteiger partial charge is 0.249 e. The van der Waals surface area contributed by atoms with E-state index in [0.29, 0.717) is 22.5 Å². The molecule has 0 aliphatic rings. The maximum atomic E-state index is 11.2. The zero-order valence-corrected chi connectivity index (χ0v) is 15.9. The molecule has 3 rings (SSSR count). The highest BCUT2D eigenvalue weighted by Gasteiger charge is 2.09. The van der Waals surface area contributed by atoms with Gasteiger partial charge in [0, 0.05) is 18.3 Å². The summed E-state index contributed by atoms with van der Waals surface area (Å²) >= 11 is 6.32. The third-order valence-corrected chi connectivity index (χ3v) is 3.98. The Hall–Kier alpha value is -3.19. The number of benzene rings is 2. The summed E-state index contributed by atoms with van der Waals surface area (Å²) in [6.07, 6.45) is 1.51. The van der Waals surface area contributed by atoms with Gasteiger partial charge in [0.15, 0.2) is 5.82 Å². The van der Waals surface area contributed by atoms with Gasteiger partial charge in [-0.2, -0.15) is 10.1 Å². The van der Waals surface area contributed by atoms with E-state index in [4.69, 9.17) is 11.6 Å². The van der Waals surface area contributed by atoms with Crippen molar-refractivity contribution < 1.29 is 4.79 Å². The minimum Gasteiger partial charge on any atom is -0.339 e. The summed E-state index contributed by atoms with van der Waals surface area (Å²) in [5.41, 5.74) is 4.27. The highest BCUT2D eigenvalue weighted by molar-refractivity contribution is 6.33. The second-order valence-corrected chi connectivity index (χ2v) is 6.52. The largest absolute Gasteiger partial charge is 0.339 e. The van der Waals surface area contributed by atoms with Gasteiger partial charge in [0.25, 0.3) is 0 Å². The fraction of sp³-hybridized carbons (Fsp3) is 0.158. The second-order valence-electron chi connectivity index (χ2n) is 6.12. The van der Waals surface area contributed by atoms with Gasteiger partial charge in [0.05, 0.1) is 16.9 Å². The van der Waals surface area contributed by atoms with Gasteiger partial charge in [-0.3, -0.25) is 4.79 Å². The zero-order valence-electron chi connectivity index (χ0n) is 15.2. The lowest BCUT2D eigenvalue weighted by Gasteiger charge is -2.12. The molecule has 27 heavy (non-hydrogen) atoms. The van der Waals surface area contributed by atoms with Crippen molar-refractivity contribution in [3.05, 3.63) is 58.7 Å². The van der Waals surface area contributed by atoms with Crippen LogP contribution in [0.1, 0.15) is 18.1 Å². The van der Waals surface area contributed by atoms with Gasteiger partial charge in [-0.15, -0.1) is 5.10 Å². The molecule has 0 atom stereocenters. The van der Waals surface area contributed by atoms with E-state index >= 15 is 0 Å². The molecule has 0 saturated heterocycles. The molecule has 138 valence electrons. The van der Waals surface area contributed by atoms with E-state index in [9.17, 15) is 4.79 Å². The van der Waals surface area contributed by atoms with Gasteiger partial charge in [0.1, 0.15) is 0 Å². The van der Waals surface area contributed by atoms with Crippen molar-refractivity contribution in [1.29, 1.82) is 0 Å². The molecule has 0 aliphatic heterocycles. The van der Waals surface area contributed by atoms with E-state index in [1.54, 1.807) is 12.1 Å². The maximum absolute atomic E-state index is 11.2. The maximum Gasteiger partial charge on any atom is 0.249 e. The number of aromatic nitrogens is 3. The Kier molecular flexibility index (Phi) is 5.52. The molecule has 1 heterocycles. The summed E-state index contributed by atoms with van der Waals surface area (Å²) in [5.74, 6) is 0.702. The van der Waals surface area contributed by atoms with Gasteiger partial charge in [-0.05, 0) is 49.2 Å². The first-order chi connectivity index (χ1) is 12.9. The summed E-state index contributed by atoms with van der Waals surface area (Å²) < 4.78 is 0. The van der Waals surface area contributed by atoms with Crippen molar-refractivity contribution in [3.8, 4) is 0 Å². The molecule has 3 N–H and O–H groups in total. The van der Waals surface area contributed by atoms with Crippen molar-refractivity contribution in [2.75, 3.05) is 16.0 Å². The lowest BCUT2D eigenvalue weighted by molar-refractivity contribution is -0.114. The summed E-state index contributed by atoms with van der Waals surface area (Å²) in [6, 6.07) is 11.2. The van der Waals surface area contributed by atoms with Gasteiger partial charge < -0.3 is 16.0 Å². The number of nitrogens with one attached hydrogen (secondary N) is 3. The predicted octanol–water partition coefficient (Wildman–Crippen LogP) is 4.59. The summed E-state index contributed by atoms with van der Waals surface area (Å²) in [6.45, 7) is 5.41. The molecule has 0 unspecified atom stereocenters. The van der Waals surface area contributed by atoms with E-state index in [2.05, 4.69) is 31.1 Å². The Balaban J connectivity index is 1.79. The minimum atomic E-state index is -0.132. The number of anilines is 5. The molecule has 0 radical (unpaired) electrons. The molecule has 1 amide bonds. The standard InChI is InChI=1S/C19H19ClN6O/c1-11-7-12(2)18(16(20)8-11)25-19-24-17(10-21-26-19)23-15-6-4-5-14(9-15)22-13(3)27/h4-10H,1-3H3,(H,22,27)(H2,23,24,25,26). The van der Waals surface area contributed by atoms with Gasteiger partial charge >= 0.3 is 0 Å². The molecule has 0 bridgehead atoms. The van der Waals surface area contributed by atoms with Crippen LogP contribution in [-0.4, -0.2) is 21.1 Å². The number of hydrogen-bond acceptors (Lipinski definition) is 6. The fourth-order valence-electron chi connectivity index (χ4n) is 2.63. The summed E-state index contributed by atoms with van der Waals surface area (Å²) in [4.78, 5) is 15.6. The topological polar surface area (TPSA) is 91.8 Å². The van der Waals surface area contributed by atoms with Crippen molar-refractivity contribution >= 4 is 46.3 Å². The number of halogens is 1. The molecule has 3 aromatic rings. The van der Waals surface area contributed by atoms with Crippen molar-refractivity contribution in [2.24, 2.45) is 0 Å². The van der Waals surface area contributed by atoms with E-state index < -0.39 is 0 Å². The van der Waals surface area contributed by atoms with E-state index in [1.165, 1.54) is 13.1 Å². The predicted molar refractivity (Wildman–Crippen MR) is 108 cm³/mol. The third kappa shape index (κ3) is 4.92. The lowest BCUT2D eigenvalue weighted by Crippen LogP contribution is -2.06. The average Bonchev–Trinajstić information content (AvgIpc) is 2.58. The van der Waals surface area contributed by atoms with E-state index in [-0.39, 0.29) is 5.91 Å². The van der Waals surface area contributed by atoms with Crippen molar-refractivity contribution in [3.63, 3.8) is 0 Å². The lowest BCUT2D eigenvalue weighted by atomic mass is 10.1. The Morgan fingerprint density at radius 2 is 1.85 bits per heavy atom. The molecule has 0 spiro atoms. The highest BCUT2D eigenvalue weighted by Crippen LogP contribution is 2.29. The first-order valence-corrected chi connectivity index (χ1v) is 8.66. The number of rotatable bonds is 5. The molecule has 0 aliphatic carbocycles.